The largest absolute Gasteiger partial charge is 0.494 e. The third-order valence-electron chi connectivity index (χ3n) is 4.92. The lowest BCUT2D eigenvalue weighted by Gasteiger charge is -2.36. The molecular formula is C23H29ClN2O3. The average molecular weight is 417 g/mol. The van der Waals surface area contributed by atoms with Crippen molar-refractivity contribution in [3.8, 4) is 5.75 Å². The molecule has 3 rings (SSSR count). The standard InChI is InChI=1S/C23H29ClN2O3/c1-4-28-22-9-8-18(14-19(22)16-29-17(2)3)23(27)26-12-10-25(11-13-26)21-7-5-6-20(24)15-21/h5-9,14-15,17H,4,10-13,16H2,1-3H3. The second-order valence-corrected chi connectivity index (χ2v) is 7.81. The van der Waals surface area contributed by atoms with Gasteiger partial charge >= 0.3 is 0 Å². The van der Waals surface area contributed by atoms with E-state index < -0.39 is 0 Å². The van der Waals surface area contributed by atoms with Gasteiger partial charge in [0.05, 0.1) is 19.3 Å². The maximum absolute atomic E-state index is 13.1. The molecule has 1 heterocycles. The third kappa shape index (κ3) is 5.64. The van der Waals surface area contributed by atoms with Crippen LogP contribution in [-0.4, -0.2) is 49.7 Å². The summed E-state index contributed by atoms with van der Waals surface area (Å²) in [5.41, 5.74) is 2.68. The van der Waals surface area contributed by atoms with E-state index in [1.54, 1.807) is 0 Å². The number of nitrogens with zero attached hydrogens (tertiary/aromatic N) is 2. The zero-order chi connectivity index (χ0) is 20.8. The van der Waals surface area contributed by atoms with Gasteiger partial charge in [0.2, 0.25) is 0 Å². The predicted molar refractivity (Wildman–Crippen MR) is 117 cm³/mol. The van der Waals surface area contributed by atoms with Crippen molar-refractivity contribution in [3.63, 3.8) is 0 Å². The lowest BCUT2D eigenvalue weighted by Crippen LogP contribution is -2.48. The quantitative estimate of drug-likeness (QED) is 0.660. The van der Waals surface area contributed by atoms with Crippen molar-refractivity contribution in [1.82, 2.24) is 4.90 Å². The molecule has 156 valence electrons. The van der Waals surface area contributed by atoms with Crippen molar-refractivity contribution in [2.45, 2.75) is 33.5 Å². The van der Waals surface area contributed by atoms with E-state index in [1.807, 2.05) is 62.1 Å². The number of amides is 1. The lowest BCUT2D eigenvalue weighted by molar-refractivity contribution is 0.0639. The number of benzene rings is 2. The molecular weight excluding hydrogens is 388 g/mol. The normalized spacial score (nSPS) is 14.4. The van der Waals surface area contributed by atoms with Crippen LogP contribution in [0.5, 0.6) is 5.75 Å². The van der Waals surface area contributed by atoms with Crippen LogP contribution in [0.2, 0.25) is 5.02 Å². The van der Waals surface area contributed by atoms with E-state index >= 15 is 0 Å². The number of hydrogen-bond donors (Lipinski definition) is 0. The zero-order valence-electron chi connectivity index (χ0n) is 17.4. The van der Waals surface area contributed by atoms with Crippen LogP contribution in [0.1, 0.15) is 36.7 Å². The number of hydrogen-bond acceptors (Lipinski definition) is 4. The molecule has 0 bridgehead atoms. The lowest BCUT2D eigenvalue weighted by atomic mass is 10.1. The molecule has 2 aromatic rings. The molecule has 0 unspecified atom stereocenters. The third-order valence-corrected chi connectivity index (χ3v) is 5.15. The van der Waals surface area contributed by atoms with E-state index in [2.05, 4.69) is 11.0 Å². The maximum atomic E-state index is 13.1. The predicted octanol–water partition coefficient (Wildman–Crippen LogP) is 4.63. The maximum Gasteiger partial charge on any atom is 0.253 e. The molecule has 1 fully saturated rings. The minimum absolute atomic E-state index is 0.0459. The van der Waals surface area contributed by atoms with Crippen LogP contribution in [0.25, 0.3) is 0 Å². The molecule has 0 N–H and O–H groups in total. The summed E-state index contributed by atoms with van der Waals surface area (Å²) in [6.45, 7) is 9.87. The molecule has 1 amide bonds. The Morgan fingerprint density at radius 1 is 1.10 bits per heavy atom. The number of carbonyl (C=O) groups is 1. The summed E-state index contributed by atoms with van der Waals surface area (Å²) in [4.78, 5) is 17.2. The fourth-order valence-corrected chi connectivity index (χ4v) is 3.59. The van der Waals surface area contributed by atoms with Crippen LogP contribution in [0, 0.1) is 0 Å². The Kier molecular flexibility index (Phi) is 7.40. The first kappa shape index (κ1) is 21.5. The van der Waals surface area contributed by atoms with Crippen molar-refractivity contribution in [2.75, 3.05) is 37.7 Å². The number of rotatable bonds is 7. The molecule has 1 saturated heterocycles. The van der Waals surface area contributed by atoms with Gasteiger partial charge in [0.25, 0.3) is 5.91 Å². The molecule has 0 atom stereocenters. The molecule has 0 aliphatic carbocycles. The second kappa shape index (κ2) is 9.99. The Morgan fingerprint density at radius 3 is 2.52 bits per heavy atom. The Balaban J connectivity index is 1.67. The highest BCUT2D eigenvalue weighted by Crippen LogP contribution is 2.24. The van der Waals surface area contributed by atoms with Crippen molar-refractivity contribution in [2.24, 2.45) is 0 Å². The summed E-state index contributed by atoms with van der Waals surface area (Å²) in [5.74, 6) is 0.820. The second-order valence-electron chi connectivity index (χ2n) is 7.37. The Bertz CT molecular complexity index is 833. The molecule has 0 radical (unpaired) electrons. The van der Waals surface area contributed by atoms with Gasteiger partial charge in [0, 0.05) is 48.0 Å². The minimum Gasteiger partial charge on any atom is -0.494 e. The van der Waals surface area contributed by atoms with Gasteiger partial charge in [-0.15, -0.1) is 0 Å². The van der Waals surface area contributed by atoms with E-state index in [4.69, 9.17) is 21.1 Å². The highest BCUT2D eigenvalue weighted by Gasteiger charge is 2.23. The average Bonchev–Trinajstić information content (AvgIpc) is 2.73. The van der Waals surface area contributed by atoms with Crippen molar-refractivity contribution in [3.05, 3.63) is 58.6 Å². The fraction of sp³-hybridized carbons (Fsp3) is 0.435. The van der Waals surface area contributed by atoms with Crippen molar-refractivity contribution >= 4 is 23.2 Å². The van der Waals surface area contributed by atoms with E-state index in [0.717, 1.165) is 35.1 Å². The Morgan fingerprint density at radius 2 is 1.86 bits per heavy atom. The van der Waals surface area contributed by atoms with E-state index in [1.165, 1.54) is 0 Å². The smallest absolute Gasteiger partial charge is 0.253 e. The summed E-state index contributed by atoms with van der Waals surface area (Å²) in [7, 11) is 0. The molecule has 0 saturated carbocycles. The zero-order valence-corrected chi connectivity index (χ0v) is 18.1. The number of carbonyl (C=O) groups excluding carboxylic acids is 1. The van der Waals surface area contributed by atoms with Crippen LogP contribution in [0.3, 0.4) is 0 Å². The molecule has 6 heteroatoms. The topological polar surface area (TPSA) is 42.0 Å². The monoisotopic (exact) mass is 416 g/mol. The van der Waals surface area contributed by atoms with Crippen molar-refractivity contribution < 1.29 is 14.3 Å². The Hall–Kier alpha value is -2.24. The molecule has 5 nitrogen and oxygen atoms in total. The molecule has 0 aromatic heterocycles. The molecule has 2 aromatic carbocycles. The summed E-state index contributed by atoms with van der Waals surface area (Å²) in [5, 5.41) is 0.728. The van der Waals surface area contributed by atoms with Gasteiger partial charge in [-0.2, -0.15) is 0 Å². The van der Waals surface area contributed by atoms with Gasteiger partial charge in [0.1, 0.15) is 5.75 Å². The summed E-state index contributed by atoms with van der Waals surface area (Å²) < 4.78 is 11.4. The summed E-state index contributed by atoms with van der Waals surface area (Å²) >= 11 is 6.11. The van der Waals surface area contributed by atoms with Gasteiger partial charge in [-0.1, -0.05) is 17.7 Å². The van der Waals surface area contributed by atoms with E-state index in [0.29, 0.717) is 31.9 Å². The number of halogens is 1. The first-order valence-electron chi connectivity index (χ1n) is 10.1. The summed E-state index contributed by atoms with van der Waals surface area (Å²) in [6, 6.07) is 13.5. The first-order chi connectivity index (χ1) is 14.0. The van der Waals surface area contributed by atoms with Gasteiger partial charge in [-0.3, -0.25) is 4.79 Å². The van der Waals surface area contributed by atoms with Crippen LogP contribution in [-0.2, 0) is 11.3 Å². The van der Waals surface area contributed by atoms with Crippen LogP contribution in [0.4, 0.5) is 5.69 Å². The van der Waals surface area contributed by atoms with E-state index in [-0.39, 0.29) is 12.0 Å². The first-order valence-corrected chi connectivity index (χ1v) is 10.5. The van der Waals surface area contributed by atoms with Gasteiger partial charge in [-0.25, -0.2) is 0 Å². The van der Waals surface area contributed by atoms with Crippen LogP contribution in [0.15, 0.2) is 42.5 Å². The van der Waals surface area contributed by atoms with Crippen LogP contribution >= 0.6 is 11.6 Å². The molecule has 29 heavy (non-hydrogen) atoms. The fourth-order valence-electron chi connectivity index (χ4n) is 3.40. The van der Waals surface area contributed by atoms with Gasteiger partial charge < -0.3 is 19.3 Å². The summed E-state index contributed by atoms with van der Waals surface area (Å²) in [6.07, 6.45) is 0.114. The number of ether oxygens (including phenoxy) is 2. The number of piperazine rings is 1. The van der Waals surface area contributed by atoms with Gasteiger partial charge in [-0.05, 0) is 57.2 Å². The number of anilines is 1. The molecule has 0 spiro atoms. The SMILES string of the molecule is CCOc1ccc(C(=O)N2CCN(c3cccc(Cl)c3)CC2)cc1COC(C)C. The van der Waals surface area contributed by atoms with Crippen molar-refractivity contribution in [1.29, 1.82) is 0 Å². The highest BCUT2D eigenvalue weighted by atomic mass is 35.5. The van der Waals surface area contributed by atoms with Gasteiger partial charge in [0.15, 0.2) is 0 Å². The molecule has 1 aliphatic heterocycles. The Labute approximate surface area is 178 Å². The minimum atomic E-state index is 0.0459. The molecule has 1 aliphatic rings. The van der Waals surface area contributed by atoms with Crippen LogP contribution < -0.4 is 9.64 Å². The van der Waals surface area contributed by atoms with E-state index in [9.17, 15) is 4.79 Å². The highest BCUT2D eigenvalue weighted by molar-refractivity contribution is 6.30.